The Kier molecular flexibility index (Phi) is 6.79. The highest BCUT2D eigenvalue weighted by molar-refractivity contribution is 6.09. The van der Waals surface area contributed by atoms with Gasteiger partial charge < -0.3 is 20.9 Å². The summed E-state index contributed by atoms with van der Waals surface area (Å²) >= 11 is 0. The third-order valence-corrected chi connectivity index (χ3v) is 4.70. The van der Waals surface area contributed by atoms with Gasteiger partial charge in [0.1, 0.15) is 17.5 Å². The highest BCUT2D eigenvalue weighted by Gasteiger charge is 2.20. The molecule has 1 aromatic heterocycles. The number of hydrogen-bond donors (Lipinski definition) is 2. The molecule has 0 unspecified atom stereocenters. The van der Waals surface area contributed by atoms with Crippen molar-refractivity contribution < 1.29 is 8.78 Å². The van der Waals surface area contributed by atoms with Crippen LogP contribution in [0.4, 0.5) is 14.5 Å². The Morgan fingerprint density at radius 1 is 1.07 bits per heavy atom. The van der Waals surface area contributed by atoms with Gasteiger partial charge in [-0.05, 0) is 36.5 Å². The predicted molar refractivity (Wildman–Crippen MR) is 116 cm³/mol. The number of allylic oxidation sites excluding steroid dienone is 1. The van der Waals surface area contributed by atoms with Crippen molar-refractivity contribution in [3.05, 3.63) is 97.0 Å². The lowest BCUT2D eigenvalue weighted by Gasteiger charge is -2.38. The van der Waals surface area contributed by atoms with Gasteiger partial charge in [0.15, 0.2) is 0 Å². The number of nitrogens with zero attached hydrogens (tertiary/aromatic N) is 4. The molecule has 6 nitrogen and oxygen atoms in total. The molecule has 0 saturated carbocycles. The Hall–Kier alpha value is -3.68. The van der Waals surface area contributed by atoms with Crippen LogP contribution in [0.3, 0.4) is 0 Å². The molecule has 1 aromatic carbocycles. The van der Waals surface area contributed by atoms with Crippen LogP contribution in [-0.2, 0) is 0 Å². The van der Waals surface area contributed by atoms with Gasteiger partial charge >= 0.3 is 0 Å². The lowest BCUT2D eigenvalue weighted by atomic mass is 10.1. The normalized spacial score (nSPS) is 14.8. The van der Waals surface area contributed by atoms with Crippen molar-refractivity contribution in [3.63, 3.8) is 0 Å². The van der Waals surface area contributed by atoms with Crippen molar-refractivity contribution in [2.24, 2.45) is 10.7 Å². The Bertz CT molecular complexity index is 943. The fraction of sp³-hybridized carbons (Fsp3) is 0.182. The molecule has 0 amide bonds. The number of nitrogens with one attached hydrogen (secondary N) is 1. The second kappa shape index (κ2) is 9.69. The molecule has 0 radical (unpaired) electrons. The van der Waals surface area contributed by atoms with Gasteiger partial charge in [0.05, 0.1) is 29.0 Å². The van der Waals surface area contributed by atoms with E-state index in [1.807, 2.05) is 17.0 Å². The number of aliphatic imine (C=N–C) groups is 1. The van der Waals surface area contributed by atoms with Crippen LogP contribution in [0.25, 0.3) is 0 Å². The fourth-order valence-electron chi connectivity index (χ4n) is 3.14. The molecule has 1 aliphatic rings. The Balaban J connectivity index is 1.66. The molecular weight excluding hydrogens is 386 g/mol. The van der Waals surface area contributed by atoms with Gasteiger partial charge in [-0.1, -0.05) is 19.2 Å². The Morgan fingerprint density at radius 2 is 1.73 bits per heavy atom. The highest BCUT2D eigenvalue weighted by atomic mass is 19.1. The van der Waals surface area contributed by atoms with Crippen LogP contribution in [0.2, 0.25) is 0 Å². The highest BCUT2D eigenvalue weighted by Crippen LogP contribution is 2.18. The smallest absolute Gasteiger partial charge is 0.135 e. The van der Waals surface area contributed by atoms with Crippen LogP contribution in [-0.4, -0.2) is 46.7 Å². The van der Waals surface area contributed by atoms with Crippen molar-refractivity contribution in [1.82, 2.24) is 14.8 Å². The molecule has 3 rings (SSSR count). The minimum absolute atomic E-state index is 0.0863. The monoisotopic (exact) mass is 410 g/mol. The summed E-state index contributed by atoms with van der Waals surface area (Å²) in [5.41, 5.74) is 6.18. The summed E-state index contributed by atoms with van der Waals surface area (Å²) in [6, 6.07) is 7.43. The lowest BCUT2D eigenvalue weighted by molar-refractivity contribution is 0.193. The van der Waals surface area contributed by atoms with E-state index in [1.54, 1.807) is 12.4 Å². The van der Waals surface area contributed by atoms with Gasteiger partial charge in [0, 0.05) is 32.4 Å². The third kappa shape index (κ3) is 5.02. The number of halogens is 2. The maximum atomic E-state index is 14.2. The predicted octanol–water partition coefficient (Wildman–Crippen LogP) is 3.29. The molecule has 156 valence electrons. The lowest BCUT2D eigenvalue weighted by Crippen LogP contribution is -2.45. The first-order valence-corrected chi connectivity index (χ1v) is 9.45. The zero-order valence-corrected chi connectivity index (χ0v) is 16.6. The Labute approximate surface area is 174 Å². The van der Waals surface area contributed by atoms with E-state index >= 15 is 0 Å². The van der Waals surface area contributed by atoms with Crippen molar-refractivity contribution in [2.75, 3.05) is 31.5 Å². The summed E-state index contributed by atoms with van der Waals surface area (Å²) in [5, 5.41) is 3.23. The molecule has 3 N–H and O–H groups in total. The molecule has 2 heterocycles. The molecule has 1 saturated heterocycles. The SMILES string of the molecule is C=C(N=C(/C=C\N)c1c(F)cccc1F)N1CCN(C(=C)Nc2cccnc2)CC1. The average molecular weight is 410 g/mol. The van der Waals surface area contributed by atoms with E-state index in [0.717, 1.165) is 11.5 Å². The first-order valence-electron chi connectivity index (χ1n) is 9.45. The maximum absolute atomic E-state index is 14.2. The number of hydrogen-bond acceptors (Lipinski definition) is 6. The molecule has 0 aliphatic carbocycles. The van der Waals surface area contributed by atoms with Gasteiger partial charge in [-0.2, -0.15) is 0 Å². The molecule has 30 heavy (non-hydrogen) atoms. The fourth-order valence-corrected chi connectivity index (χ4v) is 3.14. The molecule has 1 aliphatic heterocycles. The van der Waals surface area contributed by atoms with E-state index in [9.17, 15) is 8.78 Å². The summed E-state index contributed by atoms with van der Waals surface area (Å²) < 4.78 is 28.3. The number of anilines is 1. The Morgan fingerprint density at radius 3 is 2.33 bits per heavy atom. The van der Waals surface area contributed by atoms with E-state index < -0.39 is 11.6 Å². The minimum atomic E-state index is -0.706. The van der Waals surface area contributed by atoms with Gasteiger partial charge in [0.2, 0.25) is 0 Å². The largest absolute Gasteiger partial charge is 0.405 e. The average Bonchev–Trinajstić information content (AvgIpc) is 2.74. The quantitative estimate of drug-likeness (QED) is 0.686. The summed E-state index contributed by atoms with van der Waals surface area (Å²) in [6.45, 7) is 10.7. The zero-order chi connectivity index (χ0) is 21.5. The van der Waals surface area contributed by atoms with Crippen molar-refractivity contribution >= 4 is 11.4 Å². The molecule has 2 aromatic rings. The van der Waals surface area contributed by atoms with Crippen LogP contribution in [0.1, 0.15) is 5.56 Å². The number of piperazine rings is 1. The van der Waals surface area contributed by atoms with Crippen LogP contribution in [0.5, 0.6) is 0 Å². The number of benzene rings is 1. The van der Waals surface area contributed by atoms with E-state index in [-0.39, 0.29) is 11.3 Å². The topological polar surface area (TPSA) is 69.8 Å². The molecule has 1 fully saturated rings. The number of pyridine rings is 1. The van der Waals surface area contributed by atoms with Crippen molar-refractivity contribution in [2.45, 2.75) is 0 Å². The maximum Gasteiger partial charge on any atom is 0.135 e. The van der Waals surface area contributed by atoms with E-state index in [1.165, 1.54) is 30.5 Å². The van der Waals surface area contributed by atoms with Gasteiger partial charge in [0.25, 0.3) is 0 Å². The molecule has 0 spiro atoms. The van der Waals surface area contributed by atoms with Crippen LogP contribution in [0, 0.1) is 11.6 Å². The zero-order valence-electron chi connectivity index (χ0n) is 16.6. The minimum Gasteiger partial charge on any atom is -0.405 e. The summed E-state index contributed by atoms with van der Waals surface area (Å²) in [7, 11) is 0. The van der Waals surface area contributed by atoms with Crippen LogP contribution < -0.4 is 11.1 Å². The third-order valence-electron chi connectivity index (χ3n) is 4.70. The second-order valence-electron chi connectivity index (χ2n) is 6.66. The standard InChI is InChI=1S/C22H24F2N6/c1-16(27-18-5-4-10-26-15-18)29-11-13-30(14-12-29)17(2)28-21(8-9-25)22-19(23)6-3-7-20(22)24/h3-10,15,27H,1-2,11-14,25H2/b9-8-,28-21?. The van der Waals surface area contributed by atoms with Gasteiger partial charge in [-0.25, -0.2) is 13.8 Å². The van der Waals surface area contributed by atoms with Gasteiger partial charge in [-0.3, -0.25) is 4.98 Å². The van der Waals surface area contributed by atoms with E-state index in [2.05, 4.69) is 33.4 Å². The van der Waals surface area contributed by atoms with Crippen LogP contribution in [0.15, 0.2) is 84.8 Å². The van der Waals surface area contributed by atoms with E-state index in [0.29, 0.717) is 32.0 Å². The number of nitrogens with two attached hydrogens (primary N) is 1. The summed E-state index contributed by atoms with van der Waals surface area (Å²) in [4.78, 5) is 12.5. The van der Waals surface area contributed by atoms with Crippen molar-refractivity contribution in [3.8, 4) is 0 Å². The summed E-state index contributed by atoms with van der Waals surface area (Å²) in [5.74, 6) is -0.224. The molecule has 0 bridgehead atoms. The van der Waals surface area contributed by atoms with Gasteiger partial charge in [-0.15, -0.1) is 0 Å². The first kappa shape index (κ1) is 21.0. The number of rotatable bonds is 7. The molecule has 8 heteroatoms. The molecule has 0 atom stereocenters. The number of aromatic nitrogens is 1. The second-order valence-corrected chi connectivity index (χ2v) is 6.66. The first-order chi connectivity index (χ1) is 14.5. The van der Waals surface area contributed by atoms with E-state index in [4.69, 9.17) is 5.73 Å². The summed E-state index contributed by atoms with van der Waals surface area (Å²) in [6.07, 6.45) is 6.00. The van der Waals surface area contributed by atoms with Crippen LogP contribution >= 0.6 is 0 Å². The van der Waals surface area contributed by atoms with Crippen molar-refractivity contribution in [1.29, 1.82) is 0 Å². The molecular formula is C22H24F2N6.